The van der Waals surface area contributed by atoms with Gasteiger partial charge in [0.25, 0.3) is 0 Å². The lowest BCUT2D eigenvalue weighted by Gasteiger charge is -2.36. The quantitative estimate of drug-likeness (QED) is 0.538. The molecule has 0 spiro atoms. The van der Waals surface area contributed by atoms with E-state index in [0.29, 0.717) is 5.41 Å². The molecule has 0 bridgehead atoms. The maximum Gasteiger partial charge on any atom is -0.00136 e. The third kappa shape index (κ3) is 5.82. The number of thiol groups is 1. The van der Waals surface area contributed by atoms with Crippen molar-refractivity contribution in [3.8, 4) is 0 Å². The van der Waals surface area contributed by atoms with Crippen molar-refractivity contribution in [3.05, 3.63) is 0 Å². The maximum absolute atomic E-state index is 4.23. The minimum absolute atomic E-state index is 0.600. The Morgan fingerprint density at radius 2 is 1.60 bits per heavy atom. The van der Waals surface area contributed by atoms with Crippen LogP contribution in [0.2, 0.25) is 0 Å². The highest BCUT2D eigenvalue weighted by atomic mass is 32.1. The average molecular weight is 229 g/mol. The zero-order valence-electron chi connectivity index (χ0n) is 10.5. The zero-order chi connectivity index (χ0) is 11.1. The molecule has 0 aromatic rings. The van der Waals surface area contributed by atoms with Gasteiger partial charge < -0.3 is 4.90 Å². The number of likely N-dealkylation sites (tertiary alicyclic amines) is 1. The van der Waals surface area contributed by atoms with E-state index in [4.69, 9.17) is 0 Å². The molecule has 0 aliphatic carbocycles. The van der Waals surface area contributed by atoms with Gasteiger partial charge in [-0.15, -0.1) is 0 Å². The fourth-order valence-corrected chi connectivity index (χ4v) is 2.41. The van der Waals surface area contributed by atoms with Crippen molar-refractivity contribution in [2.75, 3.05) is 25.4 Å². The lowest BCUT2D eigenvalue weighted by molar-refractivity contribution is 0.131. The van der Waals surface area contributed by atoms with E-state index in [-0.39, 0.29) is 0 Å². The molecule has 0 radical (unpaired) electrons. The van der Waals surface area contributed by atoms with E-state index < -0.39 is 0 Å². The summed E-state index contributed by atoms with van der Waals surface area (Å²) in [6.07, 6.45) is 8.18. The molecular weight excluding hydrogens is 202 g/mol. The molecule has 0 N–H and O–H groups in total. The summed E-state index contributed by atoms with van der Waals surface area (Å²) in [5, 5.41) is 0. The van der Waals surface area contributed by atoms with E-state index in [1.807, 2.05) is 0 Å². The van der Waals surface area contributed by atoms with Crippen molar-refractivity contribution in [1.29, 1.82) is 0 Å². The smallest absolute Gasteiger partial charge is 0.00136 e. The molecule has 1 rings (SSSR count). The van der Waals surface area contributed by atoms with E-state index in [2.05, 4.69) is 31.4 Å². The van der Waals surface area contributed by atoms with Crippen LogP contribution in [-0.2, 0) is 0 Å². The van der Waals surface area contributed by atoms with Gasteiger partial charge in [0.15, 0.2) is 0 Å². The van der Waals surface area contributed by atoms with E-state index in [0.717, 1.165) is 5.75 Å². The van der Waals surface area contributed by atoms with Crippen LogP contribution in [0.4, 0.5) is 0 Å². The Morgan fingerprint density at radius 1 is 1.00 bits per heavy atom. The summed E-state index contributed by atoms with van der Waals surface area (Å²) >= 11 is 4.23. The molecule has 0 aromatic carbocycles. The molecule has 1 aliphatic rings. The normalized spacial score (nSPS) is 21.8. The topological polar surface area (TPSA) is 3.24 Å². The van der Waals surface area contributed by atoms with Crippen LogP contribution in [0, 0.1) is 5.41 Å². The third-order valence-corrected chi connectivity index (χ3v) is 3.91. The van der Waals surface area contributed by atoms with Crippen LogP contribution >= 0.6 is 12.6 Å². The number of rotatable bonds is 6. The molecular formula is C13H27NS. The summed E-state index contributed by atoms with van der Waals surface area (Å²) in [6, 6.07) is 0. The van der Waals surface area contributed by atoms with E-state index in [9.17, 15) is 0 Å². The Labute approximate surface area is 101 Å². The number of unbranched alkanes of at least 4 members (excludes halogenated alkanes) is 3. The molecule has 0 saturated carbocycles. The number of nitrogens with zero attached hydrogens (tertiary/aromatic N) is 1. The molecule has 2 heteroatoms. The van der Waals surface area contributed by atoms with Gasteiger partial charge in [-0.1, -0.05) is 26.7 Å². The SMILES string of the molecule is CC1(C)CCN(CCCCCCS)CC1. The lowest BCUT2D eigenvalue weighted by Crippen LogP contribution is -2.37. The van der Waals surface area contributed by atoms with Gasteiger partial charge >= 0.3 is 0 Å². The minimum atomic E-state index is 0.600. The first-order chi connectivity index (χ1) is 7.14. The summed E-state index contributed by atoms with van der Waals surface area (Å²) in [6.45, 7) is 8.76. The van der Waals surface area contributed by atoms with Gasteiger partial charge in [0, 0.05) is 0 Å². The van der Waals surface area contributed by atoms with Crippen LogP contribution < -0.4 is 0 Å². The minimum Gasteiger partial charge on any atom is -0.303 e. The molecule has 1 aliphatic heterocycles. The van der Waals surface area contributed by atoms with E-state index in [1.54, 1.807) is 0 Å². The molecule has 15 heavy (non-hydrogen) atoms. The second-order valence-electron chi connectivity index (χ2n) is 5.64. The van der Waals surface area contributed by atoms with Crippen molar-refractivity contribution in [2.45, 2.75) is 52.4 Å². The third-order valence-electron chi connectivity index (χ3n) is 3.59. The fraction of sp³-hybridized carbons (Fsp3) is 1.00. The van der Waals surface area contributed by atoms with E-state index in [1.165, 1.54) is 58.2 Å². The zero-order valence-corrected chi connectivity index (χ0v) is 11.4. The van der Waals surface area contributed by atoms with Gasteiger partial charge in [0.1, 0.15) is 0 Å². The first kappa shape index (κ1) is 13.4. The van der Waals surface area contributed by atoms with Crippen molar-refractivity contribution >= 4 is 12.6 Å². The summed E-state index contributed by atoms with van der Waals surface area (Å²) in [4.78, 5) is 2.64. The van der Waals surface area contributed by atoms with Crippen LogP contribution in [0.5, 0.6) is 0 Å². The van der Waals surface area contributed by atoms with Crippen LogP contribution in [-0.4, -0.2) is 30.3 Å². The Bertz CT molecular complexity index is 158. The Morgan fingerprint density at radius 3 is 2.20 bits per heavy atom. The second-order valence-corrected chi connectivity index (χ2v) is 6.09. The van der Waals surface area contributed by atoms with Gasteiger partial charge in [0.2, 0.25) is 0 Å². The Kier molecular flexibility index (Phi) is 6.06. The standard InChI is InChI=1S/C13H27NS/c1-13(2)7-10-14(11-8-13)9-5-3-4-6-12-15/h15H,3-12H2,1-2H3. The van der Waals surface area contributed by atoms with Gasteiger partial charge in [-0.25, -0.2) is 0 Å². The predicted molar refractivity (Wildman–Crippen MR) is 71.8 cm³/mol. The van der Waals surface area contributed by atoms with Crippen LogP contribution in [0.1, 0.15) is 52.4 Å². The molecule has 1 heterocycles. The van der Waals surface area contributed by atoms with Crippen molar-refractivity contribution in [1.82, 2.24) is 4.90 Å². The largest absolute Gasteiger partial charge is 0.303 e. The fourth-order valence-electron chi connectivity index (χ4n) is 2.18. The highest BCUT2D eigenvalue weighted by Crippen LogP contribution is 2.29. The Balaban J connectivity index is 1.99. The van der Waals surface area contributed by atoms with Gasteiger partial charge in [-0.3, -0.25) is 0 Å². The number of hydrogen-bond acceptors (Lipinski definition) is 2. The van der Waals surface area contributed by atoms with Crippen LogP contribution in [0.15, 0.2) is 0 Å². The maximum atomic E-state index is 4.23. The molecule has 0 aromatic heterocycles. The summed E-state index contributed by atoms with van der Waals surface area (Å²) < 4.78 is 0. The molecule has 0 atom stereocenters. The summed E-state index contributed by atoms with van der Waals surface area (Å²) in [5.74, 6) is 1.05. The molecule has 1 fully saturated rings. The van der Waals surface area contributed by atoms with E-state index >= 15 is 0 Å². The summed E-state index contributed by atoms with van der Waals surface area (Å²) in [7, 11) is 0. The first-order valence-corrected chi connectivity index (χ1v) is 7.10. The van der Waals surface area contributed by atoms with Crippen LogP contribution in [0.3, 0.4) is 0 Å². The number of piperidine rings is 1. The first-order valence-electron chi connectivity index (χ1n) is 6.47. The Hall–Kier alpha value is 0.310. The van der Waals surface area contributed by atoms with Gasteiger partial charge in [0.05, 0.1) is 0 Å². The second kappa shape index (κ2) is 6.80. The van der Waals surface area contributed by atoms with Crippen molar-refractivity contribution in [3.63, 3.8) is 0 Å². The van der Waals surface area contributed by atoms with Crippen molar-refractivity contribution in [2.24, 2.45) is 5.41 Å². The number of hydrogen-bond donors (Lipinski definition) is 1. The monoisotopic (exact) mass is 229 g/mol. The molecule has 90 valence electrons. The highest BCUT2D eigenvalue weighted by Gasteiger charge is 2.24. The predicted octanol–water partition coefficient (Wildman–Crippen LogP) is 3.60. The average Bonchev–Trinajstić information content (AvgIpc) is 2.20. The molecule has 1 nitrogen and oxygen atoms in total. The lowest BCUT2D eigenvalue weighted by atomic mass is 9.82. The molecule has 0 unspecified atom stereocenters. The summed E-state index contributed by atoms with van der Waals surface area (Å²) in [5.41, 5.74) is 0.600. The van der Waals surface area contributed by atoms with Gasteiger partial charge in [-0.05, 0) is 56.5 Å². The van der Waals surface area contributed by atoms with Crippen LogP contribution in [0.25, 0.3) is 0 Å². The van der Waals surface area contributed by atoms with Gasteiger partial charge in [-0.2, -0.15) is 12.6 Å². The highest BCUT2D eigenvalue weighted by molar-refractivity contribution is 7.80. The van der Waals surface area contributed by atoms with Crippen molar-refractivity contribution < 1.29 is 0 Å². The molecule has 1 saturated heterocycles. The molecule has 0 amide bonds.